The van der Waals surface area contributed by atoms with E-state index < -0.39 is 21.3 Å². The number of sulfone groups is 1. The molecular formula is C14H14O4S. The zero-order valence-electron chi connectivity index (χ0n) is 10.6. The average molecular weight is 278 g/mol. The van der Waals surface area contributed by atoms with Gasteiger partial charge in [-0.15, -0.1) is 0 Å². The van der Waals surface area contributed by atoms with Crippen LogP contribution in [0, 0.1) is 13.8 Å². The highest BCUT2D eigenvalue weighted by atomic mass is 32.2. The lowest BCUT2D eigenvalue weighted by Crippen LogP contribution is -2.03. The molecule has 0 unspecified atom stereocenters. The minimum absolute atomic E-state index is 0.0889. The summed E-state index contributed by atoms with van der Waals surface area (Å²) in [7, 11) is -3.84. The maximum Gasteiger partial charge on any atom is 0.210 e. The summed E-state index contributed by atoms with van der Waals surface area (Å²) in [4.78, 5) is -0.202. The van der Waals surface area contributed by atoms with Crippen molar-refractivity contribution in [2.45, 2.75) is 23.6 Å². The zero-order chi connectivity index (χ0) is 14.2. The molecule has 2 aromatic carbocycles. The Morgan fingerprint density at radius 1 is 0.947 bits per heavy atom. The minimum atomic E-state index is -3.84. The molecule has 0 aliphatic heterocycles. The maximum atomic E-state index is 12.4. The number of benzene rings is 2. The van der Waals surface area contributed by atoms with Gasteiger partial charge in [-0.1, -0.05) is 18.2 Å². The van der Waals surface area contributed by atoms with E-state index in [1.54, 1.807) is 26.0 Å². The molecule has 0 saturated carbocycles. The van der Waals surface area contributed by atoms with E-state index in [0.29, 0.717) is 5.56 Å². The highest BCUT2D eigenvalue weighted by Gasteiger charge is 2.24. The largest absolute Gasteiger partial charge is 0.504 e. The first-order valence-corrected chi connectivity index (χ1v) is 7.15. The third-order valence-corrected chi connectivity index (χ3v) is 4.69. The van der Waals surface area contributed by atoms with Gasteiger partial charge in [0.25, 0.3) is 0 Å². The molecule has 0 spiro atoms. The second-order valence-corrected chi connectivity index (χ2v) is 6.32. The van der Waals surface area contributed by atoms with Crippen molar-refractivity contribution < 1.29 is 18.6 Å². The zero-order valence-corrected chi connectivity index (χ0v) is 11.4. The predicted molar refractivity (Wildman–Crippen MR) is 71.1 cm³/mol. The minimum Gasteiger partial charge on any atom is -0.504 e. The third kappa shape index (κ3) is 2.29. The summed E-state index contributed by atoms with van der Waals surface area (Å²) in [6.45, 7) is 3.36. The second-order valence-electron chi connectivity index (χ2n) is 4.40. The van der Waals surface area contributed by atoms with Crippen molar-refractivity contribution in [2.24, 2.45) is 0 Å². The first-order valence-electron chi connectivity index (χ1n) is 5.67. The van der Waals surface area contributed by atoms with Crippen LogP contribution in [0.2, 0.25) is 0 Å². The molecule has 0 aromatic heterocycles. The van der Waals surface area contributed by atoms with Gasteiger partial charge in [0.2, 0.25) is 9.84 Å². The van der Waals surface area contributed by atoms with Gasteiger partial charge in [-0.05, 0) is 43.2 Å². The molecule has 0 fully saturated rings. The summed E-state index contributed by atoms with van der Waals surface area (Å²) in [5.41, 5.74) is 1.22. The van der Waals surface area contributed by atoms with Crippen LogP contribution in [-0.4, -0.2) is 18.6 Å². The van der Waals surface area contributed by atoms with Gasteiger partial charge in [0, 0.05) is 0 Å². The van der Waals surface area contributed by atoms with Crippen LogP contribution in [0.5, 0.6) is 11.5 Å². The quantitative estimate of drug-likeness (QED) is 0.828. The lowest BCUT2D eigenvalue weighted by atomic mass is 10.2. The van der Waals surface area contributed by atoms with Crippen LogP contribution in [0.15, 0.2) is 46.2 Å². The molecule has 0 radical (unpaired) electrons. The van der Waals surface area contributed by atoms with Crippen LogP contribution in [0.25, 0.3) is 0 Å². The topological polar surface area (TPSA) is 74.6 Å². The van der Waals surface area contributed by atoms with Gasteiger partial charge in [0.1, 0.15) is 4.90 Å². The molecule has 2 rings (SSSR count). The van der Waals surface area contributed by atoms with Crippen LogP contribution >= 0.6 is 0 Å². The standard InChI is InChI=1S/C14H14O4S/c1-9-4-3-5-11(8-9)19(17,18)12-7-6-10(2)13(15)14(12)16/h3-8,15-16H,1-2H3. The van der Waals surface area contributed by atoms with Crippen LogP contribution in [0.3, 0.4) is 0 Å². The molecular weight excluding hydrogens is 264 g/mol. The van der Waals surface area contributed by atoms with Gasteiger partial charge in [-0.25, -0.2) is 8.42 Å². The Hall–Kier alpha value is -2.01. The van der Waals surface area contributed by atoms with Crippen LogP contribution in [-0.2, 0) is 9.84 Å². The highest BCUT2D eigenvalue weighted by Crippen LogP contribution is 2.37. The first kappa shape index (κ1) is 13.4. The van der Waals surface area contributed by atoms with E-state index in [2.05, 4.69) is 0 Å². The Morgan fingerprint density at radius 2 is 1.63 bits per heavy atom. The van der Waals surface area contributed by atoms with Gasteiger partial charge in [0.15, 0.2) is 11.5 Å². The van der Waals surface area contributed by atoms with E-state index in [-0.39, 0.29) is 9.79 Å². The molecule has 0 amide bonds. The van der Waals surface area contributed by atoms with Crippen LogP contribution < -0.4 is 0 Å². The average Bonchev–Trinajstić information content (AvgIpc) is 2.36. The van der Waals surface area contributed by atoms with Gasteiger partial charge < -0.3 is 10.2 Å². The normalized spacial score (nSPS) is 11.5. The Morgan fingerprint density at radius 3 is 2.26 bits per heavy atom. The Labute approximate surface area is 111 Å². The lowest BCUT2D eigenvalue weighted by Gasteiger charge is -2.10. The molecule has 100 valence electrons. The third-order valence-electron chi connectivity index (χ3n) is 2.91. The number of phenolic OH excluding ortho intramolecular Hbond substituents is 2. The van der Waals surface area contributed by atoms with Crippen molar-refractivity contribution in [3.05, 3.63) is 47.5 Å². The molecule has 0 atom stereocenters. The summed E-state index contributed by atoms with van der Waals surface area (Å²) >= 11 is 0. The number of aryl methyl sites for hydroxylation is 2. The second kappa shape index (κ2) is 4.59. The Bertz CT molecular complexity index is 733. The van der Waals surface area contributed by atoms with Gasteiger partial charge >= 0.3 is 0 Å². The van der Waals surface area contributed by atoms with Crippen molar-refractivity contribution in [1.29, 1.82) is 0 Å². The molecule has 0 aliphatic carbocycles. The van der Waals surface area contributed by atoms with E-state index in [1.807, 2.05) is 0 Å². The molecule has 5 heteroatoms. The monoisotopic (exact) mass is 278 g/mol. The molecule has 2 aromatic rings. The fourth-order valence-corrected chi connectivity index (χ4v) is 3.24. The Balaban J connectivity index is 2.67. The summed E-state index contributed by atoms with van der Waals surface area (Å²) in [5.74, 6) is -1.02. The smallest absolute Gasteiger partial charge is 0.210 e. The Kier molecular flexibility index (Phi) is 3.24. The number of phenols is 2. The molecule has 0 bridgehead atoms. The van der Waals surface area contributed by atoms with Crippen molar-refractivity contribution >= 4 is 9.84 Å². The van der Waals surface area contributed by atoms with Crippen LogP contribution in [0.4, 0.5) is 0 Å². The fourth-order valence-electron chi connectivity index (χ4n) is 1.79. The van der Waals surface area contributed by atoms with Gasteiger partial charge in [-0.2, -0.15) is 0 Å². The fraction of sp³-hybridized carbons (Fsp3) is 0.143. The summed E-state index contributed by atoms with van der Waals surface area (Å²) < 4.78 is 24.8. The molecule has 0 saturated heterocycles. The summed E-state index contributed by atoms with van der Waals surface area (Å²) in [6, 6.07) is 9.14. The number of hydrogen-bond donors (Lipinski definition) is 2. The number of aromatic hydroxyl groups is 2. The molecule has 2 N–H and O–H groups in total. The van der Waals surface area contributed by atoms with E-state index >= 15 is 0 Å². The van der Waals surface area contributed by atoms with Crippen molar-refractivity contribution in [2.75, 3.05) is 0 Å². The van der Waals surface area contributed by atoms with E-state index in [1.165, 1.54) is 24.3 Å². The molecule has 0 aliphatic rings. The SMILES string of the molecule is Cc1cccc(S(=O)(=O)c2ccc(C)c(O)c2O)c1. The first-order chi connectivity index (χ1) is 8.84. The lowest BCUT2D eigenvalue weighted by molar-refractivity contribution is 0.390. The van der Waals surface area contributed by atoms with Crippen molar-refractivity contribution in [3.8, 4) is 11.5 Å². The van der Waals surface area contributed by atoms with E-state index in [9.17, 15) is 18.6 Å². The van der Waals surface area contributed by atoms with Gasteiger partial charge in [0.05, 0.1) is 4.90 Å². The number of rotatable bonds is 2. The summed E-state index contributed by atoms with van der Waals surface area (Å²) in [5, 5.41) is 19.5. The number of hydrogen-bond acceptors (Lipinski definition) is 4. The van der Waals surface area contributed by atoms with E-state index in [0.717, 1.165) is 5.56 Å². The highest BCUT2D eigenvalue weighted by molar-refractivity contribution is 7.91. The van der Waals surface area contributed by atoms with Crippen LogP contribution in [0.1, 0.15) is 11.1 Å². The van der Waals surface area contributed by atoms with Crippen molar-refractivity contribution in [1.82, 2.24) is 0 Å². The van der Waals surface area contributed by atoms with E-state index in [4.69, 9.17) is 0 Å². The maximum absolute atomic E-state index is 12.4. The van der Waals surface area contributed by atoms with Crippen molar-refractivity contribution in [3.63, 3.8) is 0 Å². The summed E-state index contributed by atoms with van der Waals surface area (Å²) in [6.07, 6.45) is 0. The van der Waals surface area contributed by atoms with Gasteiger partial charge in [-0.3, -0.25) is 0 Å². The molecule has 0 heterocycles. The predicted octanol–water partition coefficient (Wildman–Crippen LogP) is 2.55. The molecule has 19 heavy (non-hydrogen) atoms. The molecule has 4 nitrogen and oxygen atoms in total.